The Morgan fingerprint density at radius 3 is 3.05 bits per heavy atom. The number of aromatic nitrogens is 3. The molecule has 1 aromatic carbocycles. The monoisotopic (exact) mass is 345 g/mol. The van der Waals surface area contributed by atoms with Crippen molar-refractivity contribution in [3.05, 3.63) is 47.6 Å². The molecule has 0 spiro atoms. The third-order valence-electron chi connectivity index (χ3n) is 3.32. The molecule has 3 N–H and O–H groups in total. The highest BCUT2D eigenvalue weighted by Crippen LogP contribution is 2.28. The minimum Gasteiger partial charge on any atom is -0.398 e. The zero-order valence-corrected chi connectivity index (χ0v) is 13.0. The number of rotatable bonds is 5. The molecule has 0 saturated heterocycles. The normalized spacial score (nSPS) is 10.9. The van der Waals surface area contributed by atoms with Crippen molar-refractivity contribution in [1.82, 2.24) is 14.5 Å². The van der Waals surface area contributed by atoms with Gasteiger partial charge in [0.05, 0.1) is 17.5 Å². The van der Waals surface area contributed by atoms with Crippen LogP contribution in [-0.4, -0.2) is 21.1 Å². The van der Waals surface area contributed by atoms with Crippen molar-refractivity contribution in [1.29, 1.82) is 0 Å². The van der Waals surface area contributed by atoms with Gasteiger partial charge in [0, 0.05) is 47.2 Å². The fraction of sp³-hybridized carbons (Fsp3) is 0.200. The summed E-state index contributed by atoms with van der Waals surface area (Å²) in [5.41, 5.74) is 8.67. The first-order valence-corrected chi connectivity index (χ1v) is 7.57. The van der Waals surface area contributed by atoms with Crippen molar-refractivity contribution >= 4 is 38.2 Å². The first-order valence-electron chi connectivity index (χ1n) is 6.77. The topological polar surface area (TPSA) is 68.8 Å². The van der Waals surface area contributed by atoms with Gasteiger partial charge in [0.25, 0.3) is 0 Å². The van der Waals surface area contributed by atoms with Crippen LogP contribution in [0.1, 0.15) is 6.42 Å². The average Bonchev–Trinajstić information content (AvgIpc) is 2.99. The summed E-state index contributed by atoms with van der Waals surface area (Å²) in [6.07, 6.45) is 8.40. The molecular weight excluding hydrogens is 330 g/mol. The van der Waals surface area contributed by atoms with Gasteiger partial charge in [0.1, 0.15) is 0 Å². The third kappa shape index (κ3) is 3.16. The van der Waals surface area contributed by atoms with E-state index in [0.29, 0.717) is 0 Å². The van der Waals surface area contributed by atoms with Gasteiger partial charge in [0.2, 0.25) is 0 Å². The molecule has 6 heteroatoms. The smallest absolute Gasteiger partial charge is 0.0954 e. The molecule has 0 unspecified atom stereocenters. The van der Waals surface area contributed by atoms with Gasteiger partial charge in [-0.15, -0.1) is 0 Å². The number of halogens is 1. The summed E-state index contributed by atoms with van der Waals surface area (Å²) in [6, 6.07) is 5.89. The second-order valence-corrected chi connectivity index (χ2v) is 5.75. The van der Waals surface area contributed by atoms with E-state index in [0.717, 1.165) is 46.3 Å². The average molecular weight is 346 g/mol. The predicted octanol–water partition coefficient (Wildman–Crippen LogP) is 3.28. The zero-order chi connectivity index (χ0) is 14.7. The molecule has 2 aromatic heterocycles. The summed E-state index contributed by atoms with van der Waals surface area (Å²) in [5, 5.41) is 4.39. The Morgan fingerprint density at radius 2 is 2.24 bits per heavy atom. The molecule has 0 saturated carbocycles. The highest BCUT2D eigenvalue weighted by Gasteiger charge is 2.06. The molecule has 0 aliphatic heterocycles. The van der Waals surface area contributed by atoms with Crippen LogP contribution in [0.15, 0.2) is 47.6 Å². The minimum absolute atomic E-state index is 0.739. The van der Waals surface area contributed by atoms with Gasteiger partial charge in [-0.2, -0.15) is 0 Å². The Kier molecular flexibility index (Phi) is 4.06. The number of pyridine rings is 1. The molecule has 3 rings (SSSR count). The summed E-state index contributed by atoms with van der Waals surface area (Å²) in [5.74, 6) is 0. The van der Waals surface area contributed by atoms with E-state index in [4.69, 9.17) is 5.73 Å². The van der Waals surface area contributed by atoms with Gasteiger partial charge in [-0.25, -0.2) is 4.98 Å². The Hall–Kier alpha value is -2.08. The van der Waals surface area contributed by atoms with Gasteiger partial charge in [0.15, 0.2) is 0 Å². The van der Waals surface area contributed by atoms with Crippen LogP contribution < -0.4 is 11.1 Å². The van der Waals surface area contributed by atoms with Gasteiger partial charge in [-0.3, -0.25) is 4.98 Å². The van der Waals surface area contributed by atoms with Gasteiger partial charge in [-0.1, -0.05) is 0 Å². The van der Waals surface area contributed by atoms with E-state index < -0.39 is 0 Å². The van der Waals surface area contributed by atoms with Crippen LogP contribution in [0.3, 0.4) is 0 Å². The van der Waals surface area contributed by atoms with E-state index in [9.17, 15) is 0 Å². The molecule has 2 heterocycles. The summed E-state index contributed by atoms with van der Waals surface area (Å²) >= 11 is 3.43. The van der Waals surface area contributed by atoms with Crippen LogP contribution in [0.4, 0.5) is 11.4 Å². The summed E-state index contributed by atoms with van der Waals surface area (Å²) in [7, 11) is 0. The Balaban J connectivity index is 1.70. The number of nitrogens with two attached hydrogens (primary N) is 1. The fourth-order valence-corrected chi connectivity index (χ4v) is 2.59. The van der Waals surface area contributed by atoms with E-state index in [1.807, 2.05) is 30.7 Å². The van der Waals surface area contributed by atoms with Crippen LogP contribution in [0.5, 0.6) is 0 Å². The van der Waals surface area contributed by atoms with E-state index in [1.54, 1.807) is 12.4 Å². The maximum absolute atomic E-state index is 6.01. The number of nitrogens with one attached hydrogen (secondary N) is 1. The molecule has 0 aliphatic rings. The summed E-state index contributed by atoms with van der Waals surface area (Å²) < 4.78 is 3.00. The molecule has 0 radical (unpaired) electrons. The SMILES string of the molecule is Nc1ccc(NCCCn2ccnc2)c2ncc(Br)cc12. The molecular formula is C15H16BrN5. The van der Waals surface area contributed by atoms with Crippen LogP contribution in [-0.2, 0) is 6.54 Å². The highest BCUT2D eigenvalue weighted by molar-refractivity contribution is 9.10. The molecule has 0 bridgehead atoms. The summed E-state index contributed by atoms with van der Waals surface area (Å²) in [4.78, 5) is 8.50. The Labute approximate surface area is 131 Å². The largest absolute Gasteiger partial charge is 0.398 e. The quantitative estimate of drug-likeness (QED) is 0.550. The Bertz CT molecular complexity index is 739. The van der Waals surface area contributed by atoms with Crippen molar-refractivity contribution < 1.29 is 0 Å². The third-order valence-corrected chi connectivity index (χ3v) is 3.75. The Morgan fingerprint density at radius 1 is 1.33 bits per heavy atom. The molecule has 5 nitrogen and oxygen atoms in total. The highest BCUT2D eigenvalue weighted by atomic mass is 79.9. The second kappa shape index (κ2) is 6.13. The number of benzene rings is 1. The van der Waals surface area contributed by atoms with E-state index >= 15 is 0 Å². The zero-order valence-electron chi connectivity index (χ0n) is 11.5. The lowest BCUT2D eigenvalue weighted by molar-refractivity contribution is 0.661. The first kappa shape index (κ1) is 13.9. The first-order chi connectivity index (χ1) is 10.2. The molecule has 0 fully saturated rings. The van der Waals surface area contributed by atoms with Crippen LogP contribution in [0, 0.1) is 0 Å². The van der Waals surface area contributed by atoms with Crippen molar-refractivity contribution in [2.45, 2.75) is 13.0 Å². The van der Waals surface area contributed by atoms with Crippen molar-refractivity contribution in [2.24, 2.45) is 0 Å². The molecule has 108 valence electrons. The van der Waals surface area contributed by atoms with E-state index in [-0.39, 0.29) is 0 Å². The number of fused-ring (bicyclic) bond motifs is 1. The van der Waals surface area contributed by atoms with Gasteiger partial charge >= 0.3 is 0 Å². The van der Waals surface area contributed by atoms with Gasteiger partial charge in [-0.05, 0) is 40.5 Å². The molecule has 0 aliphatic carbocycles. The molecule has 21 heavy (non-hydrogen) atoms. The van der Waals surface area contributed by atoms with Gasteiger partial charge < -0.3 is 15.6 Å². The van der Waals surface area contributed by atoms with Crippen LogP contribution in [0.25, 0.3) is 10.9 Å². The lowest BCUT2D eigenvalue weighted by atomic mass is 10.1. The minimum atomic E-state index is 0.739. The van der Waals surface area contributed by atoms with Crippen molar-refractivity contribution in [3.63, 3.8) is 0 Å². The maximum atomic E-state index is 6.01. The predicted molar refractivity (Wildman–Crippen MR) is 89.2 cm³/mol. The molecule has 3 aromatic rings. The van der Waals surface area contributed by atoms with E-state index in [1.165, 1.54) is 0 Å². The van der Waals surface area contributed by atoms with E-state index in [2.05, 4.69) is 35.8 Å². The molecule has 0 atom stereocenters. The van der Waals surface area contributed by atoms with Crippen LogP contribution >= 0.6 is 15.9 Å². The maximum Gasteiger partial charge on any atom is 0.0954 e. The van der Waals surface area contributed by atoms with Crippen molar-refractivity contribution in [2.75, 3.05) is 17.6 Å². The number of anilines is 2. The number of hydrogen-bond acceptors (Lipinski definition) is 4. The number of nitrogen functional groups attached to an aromatic ring is 1. The standard InChI is InChI=1S/C15H16BrN5/c16-11-8-12-13(17)2-3-14(15(12)20-9-11)19-4-1-6-21-7-5-18-10-21/h2-3,5,7-10,19H,1,4,6,17H2. The lowest BCUT2D eigenvalue weighted by Gasteiger charge is -2.11. The second-order valence-electron chi connectivity index (χ2n) is 4.83. The fourth-order valence-electron chi connectivity index (χ4n) is 2.26. The number of hydrogen-bond donors (Lipinski definition) is 2. The number of imidazole rings is 1. The lowest BCUT2D eigenvalue weighted by Crippen LogP contribution is -2.06. The van der Waals surface area contributed by atoms with Crippen molar-refractivity contribution in [3.8, 4) is 0 Å². The molecule has 0 amide bonds. The number of nitrogens with zero attached hydrogens (tertiary/aromatic N) is 3. The number of aryl methyl sites for hydroxylation is 1. The van der Waals surface area contributed by atoms with Crippen LogP contribution in [0.2, 0.25) is 0 Å². The summed E-state index contributed by atoms with van der Waals surface area (Å²) in [6.45, 7) is 1.81.